The molecule has 1 unspecified atom stereocenters. The number of hydrogen-bond acceptors (Lipinski definition) is 3. The number of benzene rings is 1. The maximum atomic E-state index is 13.4. The molecular formula is C17H17FN4O2. The summed E-state index contributed by atoms with van der Waals surface area (Å²) in [6.45, 7) is 0.779. The third kappa shape index (κ3) is 3.23. The zero-order chi connectivity index (χ0) is 17.1. The van der Waals surface area contributed by atoms with E-state index in [1.165, 1.54) is 12.1 Å². The molecule has 2 N–H and O–H groups in total. The minimum Gasteiger partial charge on any atom is -0.361 e. The number of aromatic nitrogens is 1. The molecule has 1 aliphatic rings. The van der Waals surface area contributed by atoms with Gasteiger partial charge in [0.05, 0.1) is 12.0 Å². The summed E-state index contributed by atoms with van der Waals surface area (Å²) in [6.07, 6.45) is 2.57. The number of halogens is 1. The maximum Gasteiger partial charge on any atom is 0.226 e. The highest BCUT2D eigenvalue weighted by atomic mass is 19.1. The summed E-state index contributed by atoms with van der Waals surface area (Å²) in [4.78, 5) is 28.6. The largest absolute Gasteiger partial charge is 0.361 e. The zero-order valence-electron chi connectivity index (χ0n) is 13.0. The Morgan fingerprint density at radius 3 is 3.12 bits per heavy atom. The summed E-state index contributed by atoms with van der Waals surface area (Å²) >= 11 is 0. The van der Waals surface area contributed by atoms with E-state index in [1.807, 2.05) is 12.3 Å². The van der Waals surface area contributed by atoms with Crippen molar-refractivity contribution >= 4 is 22.7 Å². The van der Waals surface area contributed by atoms with Crippen molar-refractivity contribution in [2.24, 2.45) is 5.92 Å². The van der Waals surface area contributed by atoms with Crippen molar-refractivity contribution in [3.8, 4) is 6.07 Å². The molecule has 0 spiro atoms. The van der Waals surface area contributed by atoms with Crippen LogP contribution in [0.15, 0.2) is 24.4 Å². The zero-order valence-corrected chi connectivity index (χ0v) is 13.0. The molecular weight excluding hydrogens is 311 g/mol. The van der Waals surface area contributed by atoms with E-state index < -0.39 is 5.92 Å². The Morgan fingerprint density at radius 1 is 1.50 bits per heavy atom. The van der Waals surface area contributed by atoms with Crippen LogP contribution in [0.4, 0.5) is 4.39 Å². The number of likely N-dealkylation sites (tertiary alicyclic amines) is 1. The van der Waals surface area contributed by atoms with E-state index in [9.17, 15) is 14.0 Å². The number of nitrogens with zero attached hydrogens (tertiary/aromatic N) is 2. The standard InChI is InChI=1S/C17H17FN4O2/c18-13-1-2-15-14(8-13)11(9-21-15)3-6-22-10-12(7-16(22)23)17(24)20-5-4-19/h1-2,8-9,12,21H,3,5-7,10H2,(H,20,24). The monoisotopic (exact) mass is 328 g/mol. The highest BCUT2D eigenvalue weighted by Gasteiger charge is 2.33. The van der Waals surface area contributed by atoms with Gasteiger partial charge in [-0.1, -0.05) is 0 Å². The van der Waals surface area contributed by atoms with Crippen molar-refractivity contribution in [1.29, 1.82) is 5.26 Å². The Balaban J connectivity index is 1.62. The molecule has 3 rings (SSSR count). The van der Waals surface area contributed by atoms with Crippen LogP contribution in [0.5, 0.6) is 0 Å². The number of aromatic amines is 1. The van der Waals surface area contributed by atoms with Crippen molar-refractivity contribution in [3.05, 3.63) is 35.8 Å². The normalized spacial score (nSPS) is 17.2. The molecule has 6 nitrogen and oxygen atoms in total. The van der Waals surface area contributed by atoms with Gasteiger partial charge < -0.3 is 15.2 Å². The molecule has 1 saturated heterocycles. The number of carbonyl (C=O) groups excluding carboxylic acids is 2. The first kappa shape index (κ1) is 16.0. The highest BCUT2D eigenvalue weighted by Crippen LogP contribution is 2.22. The van der Waals surface area contributed by atoms with E-state index >= 15 is 0 Å². The minimum atomic E-state index is -0.411. The molecule has 1 aromatic carbocycles. The predicted molar refractivity (Wildman–Crippen MR) is 85.3 cm³/mol. The van der Waals surface area contributed by atoms with Crippen LogP contribution >= 0.6 is 0 Å². The van der Waals surface area contributed by atoms with E-state index in [-0.39, 0.29) is 30.6 Å². The van der Waals surface area contributed by atoms with Crippen LogP contribution in [-0.2, 0) is 16.0 Å². The van der Waals surface area contributed by atoms with Crippen LogP contribution in [0.3, 0.4) is 0 Å². The van der Waals surface area contributed by atoms with Crippen molar-refractivity contribution in [3.63, 3.8) is 0 Å². The summed E-state index contributed by atoms with van der Waals surface area (Å²) in [7, 11) is 0. The van der Waals surface area contributed by atoms with Crippen LogP contribution in [0.25, 0.3) is 10.9 Å². The fraction of sp³-hybridized carbons (Fsp3) is 0.353. The molecule has 24 heavy (non-hydrogen) atoms. The molecule has 2 aromatic rings. The number of amides is 2. The number of nitrogens with one attached hydrogen (secondary N) is 2. The fourth-order valence-corrected chi connectivity index (χ4v) is 3.05. The number of nitriles is 1. The summed E-state index contributed by atoms with van der Waals surface area (Å²) in [5.74, 6) is -1.04. The average Bonchev–Trinajstić information content (AvgIpc) is 3.14. The van der Waals surface area contributed by atoms with Gasteiger partial charge in [0.15, 0.2) is 0 Å². The molecule has 7 heteroatoms. The van der Waals surface area contributed by atoms with Gasteiger partial charge in [0.2, 0.25) is 11.8 Å². The first-order valence-corrected chi connectivity index (χ1v) is 7.76. The van der Waals surface area contributed by atoms with Gasteiger partial charge in [0.1, 0.15) is 12.4 Å². The van der Waals surface area contributed by atoms with Crippen LogP contribution in [-0.4, -0.2) is 41.3 Å². The lowest BCUT2D eigenvalue weighted by Gasteiger charge is -2.16. The number of rotatable bonds is 5. The quantitative estimate of drug-likeness (QED) is 0.812. The fourth-order valence-electron chi connectivity index (χ4n) is 3.05. The average molecular weight is 328 g/mol. The topological polar surface area (TPSA) is 89.0 Å². The third-order valence-corrected chi connectivity index (χ3v) is 4.31. The minimum absolute atomic E-state index is 0.0512. The predicted octanol–water partition coefficient (Wildman–Crippen LogP) is 1.34. The Morgan fingerprint density at radius 2 is 2.33 bits per heavy atom. The van der Waals surface area contributed by atoms with Gasteiger partial charge in [-0.05, 0) is 30.2 Å². The number of hydrogen-bond donors (Lipinski definition) is 2. The SMILES string of the molecule is N#CCNC(=O)C1CC(=O)N(CCc2c[nH]c3ccc(F)cc23)C1. The molecule has 124 valence electrons. The van der Waals surface area contributed by atoms with Gasteiger partial charge in [-0.15, -0.1) is 0 Å². The van der Waals surface area contributed by atoms with Gasteiger partial charge in [-0.3, -0.25) is 9.59 Å². The molecule has 1 fully saturated rings. The van der Waals surface area contributed by atoms with Crippen LogP contribution in [0.1, 0.15) is 12.0 Å². The molecule has 0 radical (unpaired) electrons. The van der Waals surface area contributed by atoms with E-state index in [0.717, 1.165) is 16.5 Å². The lowest BCUT2D eigenvalue weighted by Crippen LogP contribution is -2.33. The Kier molecular flexibility index (Phi) is 4.47. The van der Waals surface area contributed by atoms with Crippen molar-refractivity contribution in [1.82, 2.24) is 15.2 Å². The summed E-state index contributed by atoms with van der Waals surface area (Å²) < 4.78 is 13.4. The maximum absolute atomic E-state index is 13.4. The first-order valence-electron chi connectivity index (χ1n) is 7.76. The molecule has 1 aliphatic heterocycles. The van der Waals surface area contributed by atoms with E-state index in [1.54, 1.807) is 11.0 Å². The van der Waals surface area contributed by atoms with E-state index in [2.05, 4.69) is 10.3 Å². The van der Waals surface area contributed by atoms with Gasteiger partial charge in [0, 0.05) is 36.6 Å². The lowest BCUT2D eigenvalue weighted by molar-refractivity contribution is -0.128. The highest BCUT2D eigenvalue weighted by molar-refractivity contribution is 5.89. The molecule has 1 aromatic heterocycles. The number of carbonyl (C=O) groups is 2. The van der Waals surface area contributed by atoms with Crippen LogP contribution < -0.4 is 5.32 Å². The summed E-state index contributed by atoms with van der Waals surface area (Å²) in [6, 6.07) is 6.41. The Hall–Kier alpha value is -2.88. The van der Waals surface area contributed by atoms with Crippen molar-refractivity contribution in [2.45, 2.75) is 12.8 Å². The molecule has 0 saturated carbocycles. The van der Waals surface area contributed by atoms with Crippen LogP contribution in [0, 0.1) is 23.1 Å². The summed E-state index contributed by atoms with van der Waals surface area (Å²) in [5.41, 5.74) is 1.79. The van der Waals surface area contributed by atoms with Gasteiger partial charge in [0.25, 0.3) is 0 Å². The molecule has 2 amide bonds. The van der Waals surface area contributed by atoms with Gasteiger partial charge >= 0.3 is 0 Å². The smallest absolute Gasteiger partial charge is 0.226 e. The van der Waals surface area contributed by atoms with E-state index in [0.29, 0.717) is 19.5 Å². The lowest BCUT2D eigenvalue weighted by atomic mass is 10.1. The second-order valence-electron chi connectivity index (χ2n) is 5.87. The first-order chi connectivity index (χ1) is 11.6. The van der Waals surface area contributed by atoms with E-state index in [4.69, 9.17) is 5.26 Å². The van der Waals surface area contributed by atoms with Crippen molar-refractivity contribution < 1.29 is 14.0 Å². The van der Waals surface area contributed by atoms with Gasteiger partial charge in [-0.25, -0.2) is 4.39 Å². The van der Waals surface area contributed by atoms with Crippen LogP contribution in [0.2, 0.25) is 0 Å². The second kappa shape index (κ2) is 6.71. The Labute approximate surface area is 138 Å². The molecule has 0 bridgehead atoms. The number of H-pyrrole nitrogens is 1. The van der Waals surface area contributed by atoms with Gasteiger partial charge in [-0.2, -0.15) is 5.26 Å². The third-order valence-electron chi connectivity index (χ3n) is 4.31. The number of fused-ring (bicyclic) bond motifs is 1. The molecule has 0 aliphatic carbocycles. The molecule has 1 atom stereocenters. The summed E-state index contributed by atoms with van der Waals surface area (Å²) in [5, 5.41) is 11.8. The van der Waals surface area contributed by atoms with Crippen molar-refractivity contribution in [2.75, 3.05) is 19.6 Å². The molecule has 2 heterocycles. The Bertz CT molecular complexity index is 824. The second-order valence-corrected chi connectivity index (χ2v) is 5.87.